The molecular weight excluding hydrogens is 368 g/mol. The minimum atomic E-state index is -1.90. The Hall–Kier alpha value is -2.32. The maximum atomic E-state index is 10.9. The van der Waals surface area contributed by atoms with Gasteiger partial charge in [-0.25, -0.2) is 0 Å². The van der Waals surface area contributed by atoms with Crippen LogP contribution in [-0.4, -0.2) is 13.2 Å². The molecule has 3 aromatic rings. The lowest BCUT2D eigenvalue weighted by Crippen LogP contribution is -2.48. The molecule has 0 aliphatic rings. The fraction of sp³-hybridized carbons (Fsp3) is 0.333. The van der Waals surface area contributed by atoms with Crippen LogP contribution in [0.1, 0.15) is 67.3 Å². The minimum Gasteiger partial charge on any atom is -0.507 e. The summed E-state index contributed by atoms with van der Waals surface area (Å²) in [6.07, 6.45) is 0. The van der Waals surface area contributed by atoms with E-state index in [9.17, 15) is 5.11 Å². The molecule has 1 unspecified atom stereocenters. The Labute approximate surface area is 177 Å². The van der Waals surface area contributed by atoms with Crippen LogP contribution in [-0.2, 0) is 0 Å². The van der Waals surface area contributed by atoms with Crippen molar-refractivity contribution in [1.82, 2.24) is 0 Å². The Bertz CT molecular complexity index is 914. The van der Waals surface area contributed by atoms with E-state index in [4.69, 9.17) is 0 Å². The number of phenols is 1. The fourth-order valence-electron chi connectivity index (χ4n) is 4.46. The Balaban J connectivity index is 2.28. The summed E-state index contributed by atoms with van der Waals surface area (Å²) < 4.78 is 0. The highest BCUT2D eigenvalue weighted by molar-refractivity contribution is 6.91. The monoisotopic (exact) mass is 402 g/mol. The van der Waals surface area contributed by atoms with E-state index in [0.29, 0.717) is 11.3 Å². The topological polar surface area (TPSA) is 20.2 Å². The number of hydrogen-bond donors (Lipinski definition) is 1. The van der Waals surface area contributed by atoms with Crippen molar-refractivity contribution in [3.8, 4) is 5.75 Å². The van der Waals surface area contributed by atoms with Gasteiger partial charge in [0.2, 0.25) is 0 Å². The molecular formula is C27H34OSi. The van der Waals surface area contributed by atoms with E-state index >= 15 is 0 Å². The van der Waals surface area contributed by atoms with Gasteiger partial charge in [0, 0.05) is 5.54 Å². The zero-order chi connectivity index (χ0) is 21.2. The van der Waals surface area contributed by atoms with Gasteiger partial charge >= 0.3 is 0 Å². The molecule has 3 rings (SSSR count). The molecule has 29 heavy (non-hydrogen) atoms. The van der Waals surface area contributed by atoms with Crippen molar-refractivity contribution in [3.05, 3.63) is 95.1 Å². The summed E-state index contributed by atoms with van der Waals surface area (Å²) in [5.74, 6) is 1.04. The number of aromatic hydroxyl groups is 1. The minimum absolute atomic E-state index is 0.283. The first-order valence-electron chi connectivity index (χ1n) is 10.7. The normalized spacial score (nSPS) is 13.1. The van der Waals surface area contributed by atoms with Gasteiger partial charge in [-0.2, -0.15) is 0 Å². The van der Waals surface area contributed by atoms with Crippen molar-refractivity contribution in [2.24, 2.45) is 0 Å². The molecule has 0 aliphatic carbocycles. The molecule has 1 N–H and O–H groups in total. The number of phenolic OH excluding ortho intramolecular Hbond substituents is 1. The van der Waals surface area contributed by atoms with Gasteiger partial charge in [-0.1, -0.05) is 119 Å². The van der Waals surface area contributed by atoms with E-state index in [0.717, 1.165) is 11.1 Å². The van der Waals surface area contributed by atoms with Crippen LogP contribution in [0, 0.1) is 0 Å². The zero-order valence-corrected chi connectivity index (χ0v) is 19.6. The van der Waals surface area contributed by atoms with E-state index in [2.05, 4.69) is 114 Å². The van der Waals surface area contributed by atoms with Gasteiger partial charge in [0.25, 0.3) is 0 Å². The van der Waals surface area contributed by atoms with Crippen molar-refractivity contribution < 1.29 is 5.11 Å². The molecule has 0 heterocycles. The molecule has 0 saturated carbocycles. The van der Waals surface area contributed by atoms with Gasteiger partial charge in [0.15, 0.2) is 0 Å². The van der Waals surface area contributed by atoms with Crippen LogP contribution in [0.4, 0.5) is 0 Å². The Kier molecular flexibility index (Phi) is 6.33. The van der Waals surface area contributed by atoms with Gasteiger partial charge in [-0.15, -0.1) is 0 Å². The van der Waals surface area contributed by atoms with Gasteiger partial charge in [0.1, 0.15) is 5.75 Å². The third-order valence-electron chi connectivity index (χ3n) is 6.14. The highest BCUT2D eigenvalue weighted by Gasteiger charge is 2.36. The van der Waals surface area contributed by atoms with E-state index < -0.39 is 8.07 Å². The average molecular weight is 403 g/mol. The lowest BCUT2D eigenvalue weighted by atomic mass is 9.89. The zero-order valence-electron chi connectivity index (χ0n) is 18.6. The molecule has 0 aromatic heterocycles. The first-order chi connectivity index (χ1) is 13.7. The van der Waals surface area contributed by atoms with Crippen LogP contribution in [0.15, 0.2) is 72.8 Å². The second kappa shape index (κ2) is 8.58. The van der Waals surface area contributed by atoms with E-state index in [1.807, 2.05) is 0 Å². The average Bonchev–Trinajstić information content (AvgIpc) is 2.70. The van der Waals surface area contributed by atoms with Crippen molar-refractivity contribution in [2.75, 3.05) is 0 Å². The summed E-state index contributed by atoms with van der Waals surface area (Å²) in [7, 11) is -1.90. The maximum Gasteiger partial charge on any atom is 0.122 e. The molecule has 1 atom stereocenters. The van der Waals surface area contributed by atoms with Crippen molar-refractivity contribution in [2.45, 2.75) is 58.2 Å². The summed E-state index contributed by atoms with van der Waals surface area (Å²) >= 11 is 0. The van der Waals surface area contributed by atoms with Crippen LogP contribution >= 0.6 is 0 Å². The van der Waals surface area contributed by atoms with Gasteiger partial charge in [-0.05, 0) is 34.1 Å². The Morgan fingerprint density at radius 2 is 1.10 bits per heavy atom. The van der Waals surface area contributed by atoms with Crippen molar-refractivity contribution in [3.63, 3.8) is 0 Å². The Morgan fingerprint density at radius 3 is 1.55 bits per heavy atom. The number of benzene rings is 3. The highest BCUT2D eigenvalue weighted by Crippen LogP contribution is 2.41. The Morgan fingerprint density at radius 1 is 0.655 bits per heavy atom. The molecule has 1 nitrogen and oxygen atoms in total. The van der Waals surface area contributed by atoms with Gasteiger partial charge in [0.05, 0.1) is 8.07 Å². The van der Waals surface area contributed by atoms with E-state index in [1.165, 1.54) is 16.3 Å². The smallest absolute Gasteiger partial charge is 0.122 e. The van der Waals surface area contributed by atoms with Gasteiger partial charge < -0.3 is 5.11 Å². The lowest BCUT2D eigenvalue weighted by molar-refractivity contribution is 0.454. The molecule has 3 aromatic carbocycles. The van der Waals surface area contributed by atoms with Gasteiger partial charge in [-0.3, -0.25) is 0 Å². The summed E-state index contributed by atoms with van der Waals surface area (Å²) in [5, 5.41) is 12.4. The predicted molar refractivity (Wildman–Crippen MR) is 128 cm³/mol. The molecule has 0 fully saturated rings. The summed E-state index contributed by atoms with van der Waals surface area (Å²) in [6, 6.07) is 26.4. The second-order valence-electron chi connectivity index (χ2n) is 9.29. The molecule has 0 radical (unpaired) electrons. The van der Waals surface area contributed by atoms with Crippen LogP contribution < -0.4 is 5.19 Å². The van der Waals surface area contributed by atoms with Crippen LogP contribution in [0.5, 0.6) is 5.75 Å². The van der Waals surface area contributed by atoms with E-state index in [-0.39, 0.29) is 11.8 Å². The standard InChI is InChI=1S/C27H34OSi/c1-19(2)24-17-22(18-25(20(3)4)26(24)28)27(21-13-9-7-10-14-21)29(5,6)23-15-11-8-12-16-23/h7-20,27-28H,1-6H3. The first kappa shape index (κ1) is 21.4. The number of hydrogen-bond acceptors (Lipinski definition) is 1. The molecule has 2 heteroatoms. The lowest BCUT2D eigenvalue weighted by Gasteiger charge is -2.35. The number of rotatable bonds is 6. The molecule has 0 aliphatic heterocycles. The van der Waals surface area contributed by atoms with Crippen molar-refractivity contribution in [1.29, 1.82) is 0 Å². The summed E-state index contributed by atoms with van der Waals surface area (Å²) in [6.45, 7) is 13.6. The maximum absolute atomic E-state index is 10.9. The van der Waals surface area contributed by atoms with E-state index in [1.54, 1.807) is 0 Å². The van der Waals surface area contributed by atoms with Crippen molar-refractivity contribution >= 4 is 13.3 Å². The molecule has 0 saturated heterocycles. The van der Waals surface area contributed by atoms with Crippen LogP contribution in [0.3, 0.4) is 0 Å². The van der Waals surface area contributed by atoms with Crippen LogP contribution in [0.2, 0.25) is 13.1 Å². The summed E-state index contributed by atoms with van der Waals surface area (Å²) in [4.78, 5) is 0. The largest absolute Gasteiger partial charge is 0.507 e. The SMILES string of the molecule is CC(C)c1cc(C(c2ccccc2)[Si](C)(C)c2ccccc2)cc(C(C)C)c1O. The molecule has 0 bridgehead atoms. The quantitative estimate of drug-likeness (QED) is 0.443. The summed E-state index contributed by atoms with van der Waals surface area (Å²) in [5.41, 5.74) is 5.14. The second-order valence-corrected chi connectivity index (χ2v) is 13.9. The van der Waals surface area contributed by atoms with Crippen LogP contribution in [0.25, 0.3) is 0 Å². The molecule has 152 valence electrons. The molecule has 0 amide bonds. The predicted octanol–water partition coefficient (Wildman–Crippen LogP) is 6.93. The molecule has 0 spiro atoms. The highest BCUT2D eigenvalue weighted by atomic mass is 28.3. The third-order valence-corrected chi connectivity index (χ3v) is 10.1. The fourth-order valence-corrected chi connectivity index (χ4v) is 7.87. The third kappa shape index (κ3) is 4.33. The first-order valence-corrected chi connectivity index (χ1v) is 13.8.